The summed E-state index contributed by atoms with van der Waals surface area (Å²) in [6.07, 6.45) is 0. The van der Waals surface area contributed by atoms with Gasteiger partial charge >= 0.3 is 0 Å². The first kappa shape index (κ1) is 12.6. The van der Waals surface area contributed by atoms with E-state index in [1.165, 1.54) is 11.6 Å². The first-order valence-electron chi connectivity index (χ1n) is 6.00. The molecule has 2 N–H and O–H groups in total. The van der Waals surface area contributed by atoms with E-state index in [0.717, 1.165) is 12.2 Å². The first-order chi connectivity index (χ1) is 8.79. The van der Waals surface area contributed by atoms with E-state index in [-0.39, 0.29) is 5.82 Å². The summed E-state index contributed by atoms with van der Waals surface area (Å²) >= 11 is 0. The zero-order chi connectivity index (χ0) is 12.8. The summed E-state index contributed by atoms with van der Waals surface area (Å²) < 4.78 is 13.4. The minimum Gasteiger partial charge on any atom is -0.388 e. The summed E-state index contributed by atoms with van der Waals surface area (Å²) in [5.41, 5.74) is 2.97. The molecule has 0 saturated heterocycles. The Bertz CT molecular complexity index is 494. The Morgan fingerprint density at radius 1 is 0.944 bits per heavy atom. The summed E-state index contributed by atoms with van der Waals surface area (Å²) in [5, 5.41) is 6.31. The Morgan fingerprint density at radius 3 is 2.33 bits per heavy atom. The maximum atomic E-state index is 13.4. The molecule has 0 radical (unpaired) electrons. The molecule has 0 saturated carbocycles. The molecule has 0 amide bonds. The van der Waals surface area contributed by atoms with Crippen molar-refractivity contribution in [3.63, 3.8) is 0 Å². The largest absolute Gasteiger partial charge is 0.388 e. The van der Waals surface area contributed by atoms with Crippen molar-refractivity contribution in [3.8, 4) is 0 Å². The summed E-state index contributed by atoms with van der Waals surface area (Å²) in [6.45, 7) is 1.28. The Kier molecular flexibility index (Phi) is 4.31. The van der Waals surface area contributed by atoms with Crippen molar-refractivity contribution in [3.05, 3.63) is 65.5 Å². The van der Waals surface area contributed by atoms with Gasteiger partial charge in [0.15, 0.2) is 0 Å². The molecule has 0 aliphatic carbocycles. The van der Waals surface area contributed by atoms with Crippen molar-refractivity contribution < 1.29 is 4.39 Å². The molecular weight excluding hydrogens is 227 g/mol. The number of hydrogen-bond acceptors (Lipinski definition) is 2. The molecule has 3 heteroatoms. The molecule has 0 aliphatic heterocycles. The van der Waals surface area contributed by atoms with Crippen LogP contribution in [-0.2, 0) is 13.1 Å². The van der Waals surface area contributed by atoms with Crippen LogP contribution in [0.5, 0.6) is 0 Å². The van der Waals surface area contributed by atoms with E-state index in [0.29, 0.717) is 12.1 Å². The molecule has 2 aromatic carbocycles. The molecule has 2 rings (SSSR count). The SMILES string of the molecule is CNc1ccc(CNCc2ccccc2F)cc1. The van der Waals surface area contributed by atoms with Crippen LogP contribution in [0.2, 0.25) is 0 Å². The molecule has 0 aliphatic rings. The summed E-state index contributed by atoms with van der Waals surface area (Å²) in [4.78, 5) is 0. The molecule has 0 atom stereocenters. The van der Waals surface area contributed by atoms with Gasteiger partial charge in [0.2, 0.25) is 0 Å². The van der Waals surface area contributed by atoms with Crippen molar-refractivity contribution in [1.82, 2.24) is 5.32 Å². The van der Waals surface area contributed by atoms with Crippen LogP contribution < -0.4 is 10.6 Å². The smallest absolute Gasteiger partial charge is 0.127 e. The fourth-order valence-corrected chi connectivity index (χ4v) is 1.77. The number of halogens is 1. The zero-order valence-corrected chi connectivity index (χ0v) is 10.4. The van der Waals surface area contributed by atoms with Crippen LogP contribution in [0.1, 0.15) is 11.1 Å². The predicted octanol–water partition coefficient (Wildman–Crippen LogP) is 3.16. The molecule has 94 valence electrons. The third kappa shape index (κ3) is 3.31. The maximum absolute atomic E-state index is 13.4. The lowest BCUT2D eigenvalue weighted by atomic mass is 10.2. The molecule has 0 unspecified atom stereocenters. The van der Waals surface area contributed by atoms with Crippen molar-refractivity contribution in [1.29, 1.82) is 0 Å². The van der Waals surface area contributed by atoms with Crippen LogP contribution >= 0.6 is 0 Å². The van der Waals surface area contributed by atoms with E-state index in [4.69, 9.17) is 0 Å². The second-order valence-corrected chi connectivity index (χ2v) is 4.14. The van der Waals surface area contributed by atoms with Crippen molar-refractivity contribution >= 4 is 5.69 Å². The topological polar surface area (TPSA) is 24.1 Å². The minimum atomic E-state index is -0.157. The fraction of sp³-hybridized carbons (Fsp3) is 0.200. The van der Waals surface area contributed by atoms with Gasteiger partial charge in [-0.3, -0.25) is 0 Å². The third-order valence-corrected chi connectivity index (χ3v) is 2.85. The van der Waals surface area contributed by atoms with Gasteiger partial charge < -0.3 is 10.6 Å². The Morgan fingerprint density at radius 2 is 1.67 bits per heavy atom. The molecule has 0 spiro atoms. The molecular formula is C15H17FN2. The molecule has 0 aromatic heterocycles. The van der Waals surface area contributed by atoms with Gasteiger partial charge in [-0.25, -0.2) is 4.39 Å². The Balaban J connectivity index is 1.86. The number of hydrogen-bond donors (Lipinski definition) is 2. The van der Waals surface area contributed by atoms with E-state index in [1.54, 1.807) is 12.1 Å². The number of nitrogens with one attached hydrogen (secondary N) is 2. The third-order valence-electron chi connectivity index (χ3n) is 2.85. The van der Waals surface area contributed by atoms with Gasteiger partial charge in [0, 0.05) is 31.4 Å². The Labute approximate surface area is 107 Å². The minimum absolute atomic E-state index is 0.157. The van der Waals surface area contributed by atoms with E-state index in [9.17, 15) is 4.39 Å². The Hall–Kier alpha value is -1.87. The second-order valence-electron chi connectivity index (χ2n) is 4.14. The van der Waals surface area contributed by atoms with Crippen molar-refractivity contribution in [2.75, 3.05) is 12.4 Å². The molecule has 18 heavy (non-hydrogen) atoms. The number of anilines is 1. The van der Waals surface area contributed by atoms with Crippen LogP contribution in [-0.4, -0.2) is 7.05 Å². The monoisotopic (exact) mass is 244 g/mol. The van der Waals surface area contributed by atoms with Gasteiger partial charge in [0.05, 0.1) is 0 Å². The second kappa shape index (κ2) is 6.17. The lowest BCUT2D eigenvalue weighted by Gasteiger charge is -2.07. The standard InChI is InChI=1S/C15H17FN2/c1-17-14-8-6-12(7-9-14)10-18-11-13-4-2-3-5-15(13)16/h2-9,17-18H,10-11H2,1H3. The highest BCUT2D eigenvalue weighted by Gasteiger charge is 1.99. The van der Waals surface area contributed by atoms with Gasteiger partial charge in [-0.15, -0.1) is 0 Å². The average Bonchev–Trinajstić information content (AvgIpc) is 2.42. The van der Waals surface area contributed by atoms with Crippen LogP contribution in [0.3, 0.4) is 0 Å². The number of benzene rings is 2. The van der Waals surface area contributed by atoms with E-state index in [1.807, 2.05) is 25.2 Å². The van der Waals surface area contributed by atoms with Gasteiger partial charge in [-0.1, -0.05) is 30.3 Å². The lowest BCUT2D eigenvalue weighted by molar-refractivity contribution is 0.588. The molecule has 0 heterocycles. The molecule has 2 nitrogen and oxygen atoms in total. The predicted molar refractivity (Wildman–Crippen MR) is 72.9 cm³/mol. The van der Waals surface area contributed by atoms with Gasteiger partial charge in [0.1, 0.15) is 5.82 Å². The van der Waals surface area contributed by atoms with Gasteiger partial charge in [-0.2, -0.15) is 0 Å². The zero-order valence-electron chi connectivity index (χ0n) is 10.4. The van der Waals surface area contributed by atoms with Gasteiger partial charge in [-0.05, 0) is 23.8 Å². The average molecular weight is 244 g/mol. The van der Waals surface area contributed by atoms with Crippen LogP contribution in [0.25, 0.3) is 0 Å². The van der Waals surface area contributed by atoms with E-state index < -0.39 is 0 Å². The van der Waals surface area contributed by atoms with Gasteiger partial charge in [0.25, 0.3) is 0 Å². The summed E-state index contributed by atoms with van der Waals surface area (Å²) in [6, 6.07) is 15.0. The fourth-order valence-electron chi connectivity index (χ4n) is 1.77. The molecule has 2 aromatic rings. The van der Waals surface area contributed by atoms with Crippen molar-refractivity contribution in [2.24, 2.45) is 0 Å². The van der Waals surface area contributed by atoms with Crippen LogP contribution in [0.15, 0.2) is 48.5 Å². The lowest BCUT2D eigenvalue weighted by Crippen LogP contribution is -2.13. The van der Waals surface area contributed by atoms with E-state index >= 15 is 0 Å². The summed E-state index contributed by atoms with van der Waals surface area (Å²) in [7, 11) is 1.89. The normalized spacial score (nSPS) is 10.3. The quantitative estimate of drug-likeness (QED) is 0.844. The molecule has 0 bridgehead atoms. The molecule has 0 fully saturated rings. The maximum Gasteiger partial charge on any atom is 0.127 e. The highest BCUT2D eigenvalue weighted by molar-refractivity contribution is 5.43. The summed E-state index contributed by atoms with van der Waals surface area (Å²) in [5.74, 6) is -0.157. The van der Waals surface area contributed by atoms with Crippen LogP contribution in [0.4, 0.5) is 10.1 Å². The highest BCUT2D eigenvalue weighted by atomic mass is 19.1. The highest BCUT2D eigenvalue weighted by Crippen LogP contribution is 2.09. The first-order valence-corrected chi connectivity index (χ1v) is 6.00. The number of rotatable bonds is 5. The van der Waals surface area contributed by atoms with E-state index in [2.05, 4.69) is 22.8 Å². The van der Waals surface area contributed by atoms with Crippen LogP contribution in [0, 0.1) is 5.82 Å². The van der Waals surface area contributed by atoms with Crippen molar-refractivity contribution in [2.45, 2.75) is 13.1 Å².